The molecule has 0 radical (unpaired) electrons. The number of nitrogens with one attached hydrogen (secondary N) is 1. The lowest BCUT2D eigenvalue weighted by molar-refractivity contribution is -0.0834. The van der Waals surface area contributed by atoms with Gasteiger partial charge in [-0.25, -0.2) is 0 Å². The summed E-state index contributed by atoms with van der Waals surface area (Å²) >= 11 is 0. The van der Waals surface area contributed by atoms with Crippen LogP contribution in [0.2, 0.25) is 0 Å². The summed E-state index contributed by atoms with van der Waals surface area (Å²) < 4.78 is 11.5. The van der Waals surface area contributed by atoms with Gasteiger partial charge in [-0.05, 0) is 58.2 Å². The molecule has 112 valence electrons. The number of pyridine rings is 1. The molecule has 0 spiro atoms. The van der Waals surface area contributed by atoms with E-state index in [1.54, 1.807) is 6.20 Å². The van der Waals surface area contributed by atoms with Crippen molar-refractivity contribution in [3.05, 3.63) is 24.0 Å². The quantitative estimate of drug-likeness (QED) is 0.832. The molecule has 4 nitrogen and oxygen atoms in total. The van der Waals surface area contributed by atoms with Crippen LogP contribution in [0.5, 0.6) is 5.75 Å². The Bertz CT molecular complexity index is 425. The molecule has 1 atom stereocenters. The van der Waals surface area contributed by atoms with E-state index in [0.29, 0.717) is 0 Å². The molecular formula is C16H26N2O2. The summed E-state index contributed by atoms with van der Waals surface area (Å²) in [4.78, 5) is 4.30. The first-order chi connectivity index (χ1) is 9.58. The second-order valence-corrected chi connectivity index (χ2v) is 5.91. The van der Waals surface area contributed by atoms with Crippen LogP contribution in [0.25, 0.3) is 0 Å². The van der Waals surface area contributed by atoms with Crippen LogP contribution in [0, 0.1) is 0 Å². The predicted molar refractivity (Wildman–Crippen MR) is 80.0 cm³/mol. The van der Waals surface area contributed by atoms with Gasteiger partial charge < -0.3 is 14.8 Å². The van der Waals surface area contributed by atoms with Crippen molar-refractivity contribution < 1.29 is 9.47 Å². The van der Waals surface area contributed by atoms with Crippen LogP contribution < -0.4 is 10.1 Å². The zero-order valence-electron chi connectivity index (χ0n) is 13.0. The maximum absolute atomic E-state index is 5.73. The minimum Gasteiger partial charge on any atom is -0.489 e. The molecule has 0 aromatic carbocycles. The number of aromatic nitrogens is 1. The SMILES string of the molecule is CNC(CC1(OC)CCC1)c1cncc(OC(C)C)c1. The molecule has 1 aromatic rings. The summed E-state index contributed by atoms with van der Waals surface area (Å²) in [6.07, 6.45) is 8.39. The van der Waals surface area contributed by atoms with Crippen molar-refractivity contribution in [1.82, 2.24) is 10.3 Å². The number of hydrogen-bond acceptors (Lipinski definition) is 4. The van der Waals surface area contributed by atoms with Gasteiger partial charge in [0.05, 0.1) is 17.9 Å². The van der Waals surface area contributed by atoms with Crippen LogP contribution in [-0.4, -0.2) is 30.8 Å². The standard InChI is InChI=1S/C16H26N2O2/c1-12(2)20-14-8-13(10-18-11-14)15(17-3)9-16(19-4)6-5-7-16/h8,10-12,15,17H,5-7,9H2,1-4H3. The lowest BCUT2D eigenvalue weighted by Crippen LogP contribution is -2.42. The monoisotopic (exact) mass is 278 g/mol. The highest BCUT2D eigenvalue weighted by molar-refractivity contribution is 5.26. The lowest BCUT2D eigenvalue weighted by atomic mass is 9.75. The molecule has 0 amide bonds. The van der Waals surface area contributed by atoms with Gasteiger partial charge in [-0.1, -0.05) is 0 Å². The Kier molecular flexibility index (Phi) is 5.00. The first-order valence-corrected chi connectivity index (χ1v) is 7.42. The van der Waals surface area contributed by atoms with Crippen molar-refractivity contribution >= 4 is 0 Å². The highest BCUT2D eigenvalue weighted by atomic mass is 16.5. The third kappa shape index (κ3) is 3.49. The van der Waals surface area contributed by atoms with E-state index in [4.69, 9.17) is 9.47 Å². The van der Waals surface area contributed by atoms with Crippen LogP contribution >= 0.6 is 0 Å². The topological polar surface area (TPSA) is 43.4 Å². The van der Waals surface area contributed by atoms with Crippen LogP contribution in [0.1, 0.15) is 51.1 Å². The summed E-state index contributed by atoms with van der Waals surface area (Å²) in [5.41, 5.74) is 1.21. The number of rotatable bonds is 7. The molecule has 1 fully saturated rings. The van der Waals surface area contributed by atoms with Gasteiger partial charge >= 0.3 is 0 Å². The number of nitrogens with zero attached hydrogens (tertiary/aromatic N) is 1. The van der Waals surface area contributed by atoms with Gasteiger partial charge in [-0.3, -0.25) is 4.98 Å². The predicted octanol–water partition coefficient (Wildman–Crippen LogP) is 3.09. The van der Waals surface area contributed by atoms with Gasteiger partial charge in [0.2, 0.25) is 0 Å². The van der Waals surface area contributed by atoms with Gasteiger partial charge in [-0.15, -0.1) is 0 Å². The van der Waals surface area contributed by atoms with E-state index in [9.17, 15) is 0 Å². The minimum atomic E-state index is 0.0442. The molecular weight excluding hydrogens is 252 g/mol. The third-order valence-corrected chi connectivity index (χ3v) is 4.13. The molecule has 1 aliphatic rings. The molecule has 1 aromatic heterocycles. The maximum Gasteiger partial charge on any atom is 0.138 e. The van der Waals surface area contributed by atoms with E-state index < -0.39 is 0 Å². The van der Waals surface area contributed by atoms with Crippen molar-refractivity contribution in [3.63, 3.8) is 0 Å². The Hall–Kier alpha value is -1.13. The van der Waals surface area contributed by atoms with Gasteiger partial charge in [0, 0.05) is 19.3 Å². The van der Waals surface area contributed by atoms with Gasteiger partial charge in [0.1, 0.15) is 5.75 Å². The molecule has 1 heterocycles. The summed E-state index contributed by atoms with van der Waals surface area (Å²) in [7, 11) is 3.81. The molecule has 0 saturated heterocycles. The van der Waals surface area contributed by atoms with Crippen molar-refractivity contribution in [1.29, 1.82) is 0 Å². The van der Waals surface area contributed by atoms with Crippen LogP contribution in [0.4, 0.5) is 0 Å². The summed E-state index contributed by atoms with van der Waals surface area (Å²) in [6.45, 7) is 4.05. The number of methoxy groups -OCH3 is 1. The summed E-state index contributed by atoms with van der Waals surface area (Å²) in [5, 5.41) is 3.38. The average Bonchev–Trinajstić information content (AvgIpc) is 2.38. The minimum absolute atomic E-state index is 0.0442. The van der Waals surface area contributed by atoms with E-state index in [1.165, 1.54) is 6.42 Å². The van der Waals surface area contributed by atoms with E-state index in [0.717, 1.165) is 30.6 Å². The Morgan fingerprint density at radius 3 is 2.60 bits per heavy atom. The molecule has 1 unspecified atom stereocenters. The van der Waals surface area contributed by atoms with Gasteiger partial charge in [0.25, 0.3) is 0 Å². The Morgan fingerprint density at radius 1 is 1.35 bits per heavy atom. The molecule has 2 rings (SSSR count). The number of ether oxygens (including phenoxy) is 2. The summed E-state index contributed by atoms with van der Waals surface area (Å²) in [5.74, 6) is 0.831. The molecule has 0 bridgehead atoms. The average molecular weight is 278 g/mol. The Morgan fingerprint density at radius 2 is 2.10 bits per heavy atom. The van der Waals surface area contributed by atoms with E-state index in [1.807, 2.05) is 34.2 Å². The Labute approximate surface area is 121 Å². The highest BCUT2D eigenvalue weighted by Gasteiger charge is 2.39. The third-order valence-electron chi connectivity index (χ3n) is 4.13. The molecule has 1 N–H and O–H groups in total. The van der Waals surface area contributed by atoms with Gasteiger partial charge in [-0.2, -0.15) is 0 Å². The maximum atomic E-state index is 5.73. The van der Waals surface area contributed by atoms with Crippen molar-refractivity contribution in [2.45, 2.75) is 57.3 Å². The normalized spacial score (nSPS) is 18.6. The fraction of sp³-hybridized carbons (Fsp3) is 0.688. The Balaban J connectivity index is 2.10. The second-order valence-electron chi connectivity index (χ2n) is 5.91. The fourth-order valence-electron chi connectivity index (χ4n) is 2.78. The van der Waals surface area contributed by atoms with Crippen LogP contribution in [-0.2, 0) is 4.74 Å². The van der Waals surface area contributed by atoms with E-state index in [-0.39, 0.29) is 17.7 Å². The summed E-state index contributed by atoms with van der Waals surface area (Å²) in [6, 6.07) is 2.33. The molecule has 20 heavy (non-hydrogen) atoms. The largest absolute Gasteiger partial charge is 0.489 e. The number of hydrogen-bond donors (Lipinski definition) is 1. The molecule has 0 aliphatic heterocycles. The highest BCUT2D eigenvalue weighted by Crippen LogP contribution is 2.41. The van der Waals surface area contributed by atoms with Crippen molar-refractivity contribution in [3.8, 4) is 5.75 Å². The molecule has 1 aliphatic carbocycles. The van der Waals surface area contributed by atoms with Gasteiger partial charge in [0.15, 0.2) is 0 Å². The molecule has 4 heteroatoms. The first kappa shape index (κ1) is 15.3. The first-order valence-electron chi connectivity index (χ1n) is 7.42. The van der Waals surface area contributed by atoms with Crippen LogP contribution in [0.15, 0.2) is 18.5 Å². The smallest absolute Gasteiger partial charge is 0.138 e. The fourth-order valence-corrected chi connectivity index (χ4v) is 2.78. The molecule has 1 saturated carbocycles. The van der Waals surface area contributed by atoms with E-state index in [2.05, 4.69) is 16.4 Å². The second kappa shape index (κ2) is 6.55. The van der Waals surface area contributed by atoms with E-state index >= 15 is 0 Å². The van der Waals surface area contributed by atoms with Crippen molar-refractivity contribution in [2.75, 3.05) is 14.2 Å². The lowest BCUT2D eigenvalue weighted by Gasteiger charge is -2.42. The van der Waals surface area contributed by atoms with Crippen LogP contribution in [0.3, 0.4) is 0 Å². The zero-order chi connectivity index (χ0) is 14.6. The zero-order valence-corrected chi connectivity index (χ0v) is 13.0. The van der Waals surface area contributed by atoms with Crippen molar-refractivity contribution in [2.24, 2.45) is 0 Å².